The van der Waals surface area contributed by atoms with E-state index < -0.39 is 5.82 Å². The smallest absolute Gasteiger partial charge is 0.269 e. The quantitative estimate of drug-likeness (QED) is 0.614. The van der Waals surface area contributed by atoms with Gasteiger partial charge < -0.3 is 10.1 Å². The largest absolute Gasteiger partial charge is 0.490 e. The molecule has 0 saturated carbocycles. The first-order valence-electron chi connectivity index (χ1n) is 8.64. The van der Waals surface area contributed by atoms with E-state index in [9.17, 15) is 9.18 Å². The molecule has 2 rings (SSSR count). The first-order chi connectivity index (χ1) is 12.9. The molecule has 0 aliphatic rings. The number of carbonyl (C=O) groups is 1. The van der Waals surface area contributed by atoms with Crippen molar-refractivity contribution in [2.45, 2.75) is 32.7 Å². The van der Waals surface area contributed by atoms with Crippen molar-refractivity contribution in [3.63, 3.8) is 0 Å². The number of unbranched alkanes of at least 4 members (excludes halogenated alkanes) is 1. The highest BCUT2D eigenvalue weighted by Gasteiger charge is 2.14. The number of nitrogens with one attached hydrogen (secondary N) is 1. The lowest BCUT2D eigenvalue weighted by atomic mass is 10.2. The van der Waals surface area contributed by atoms with Crippen molar-refractivity contribution in [1.82, 2.24) is 15.1 Å². The second-order valence-electron chi connectivity index (χ2n) is 5.89. The van der Waals surface area contributed by atoms with Crippen LogP contribution in [0.4, 0.5) is 4.39 Å². The summed E-state index contributed by atoms with van der Waals surface area (Å²) in [6.45, 7) is 2.35. The number of amides is 1. The van der Waals surface area contributed by atoms with Gasteiger partial charge in [-0.1, -0.05) is 48.3 Å². The maximum absolute atomic E-state index is 14.6. The summed E-state index contributed by atoms with van der Waals surface area (Å²) in [5.41, 5.74) is 1.61. The average molecular weight is 414 g/mol. The van der Waals surface area contributed by atoms with Gasteiger partial charge in [-0.2, -0.15) is 5.10 Å². The lowest BCUT2D eigenvalue weighted by molar-refractivity contribution is 0.0941. The van der Waals surface area contributed by atoms with Crippen molar-refractivity contribution < 1.29 is 13.9 Å². The van der Waals surface area contributed by atoms with Gasteiger partial charge in [-0.3, -0.25) is 9.48 Å². The van der Waals surface area contributed by atoms with Crippen molar-refractivity contribution in [2.75, 3.05) is 6.61 Å². The van der Waals surface area contributed by atoms with Crippen molar-refractivity contribution in [2.24, 2.45) is 7.05 Å². The second-order valence-corrected chi connectivity index (χ2v) is 6.90. The standard InChI is InChI=1S/C19H22Cl2FN3O2/c1-3-14-11-15(25(2)24-14)19(26)23-12-13-7-6-8-16(18(13)22)27-10-5-4-9-17(20)21/h6-9,11H,3-5,10,12H2,1-2H3,(H,23,26). The number of aromatic nitrogens is 2. The van der Waals surface area contributed by atoms with E-state index in [-0.39, 0.29) is 22.7 Å². The van der Waals surface area contributed by atoms with Crippen LogP contribution in [0.3, 0.4) is 0 Å². The minimum atomic E-state index is -0.483. The van der Waals surface area contributed by atoms with Gasteiger partial charge in [0.05, 0.1) is 12.3 Å². The zero-order valence-corrected chi connectivity index (χ0v) is 16.8. The van der Waals surface area contributed by atoms with Crippen LogP contribution in [-0.4, -0.2) is 22.3 Å². The number of hydrogen-bond acceptors (Lipinski definition) is 3. The highest BCUT2D eigenvalue weighted by atomic mass is 35.5. The zero-order chi connectivity index (χ0) is 19.8. The Labute approximate surface area is 168 Å². The molecule has 0 aliphatic carbocycles. The highest BCUT2D eigenvalue weighted by Crippen LogP contribution is 2.21. The van der Waals surface area contributed by atoms with Crippen molar-refractivity contribution >= 4 is 29.1 Å². The van der Waals surface area contributed by atoms with Gasteiger partial charge in [0.25, 0.3) is 5.91 Å². The molecule has 146 valence electrons. The van der Waals surface area contributed by atoms with Gasteiger partial charge in [-0.15, -0.1) is 0 Å². The van der Waals surface area contributed by atoms with Gasteiger partial charge in [0.1, 0.15) is 10.2 Å². The van der Waals surface area contributed by atoms with Crippen molar-refractivity contribution in [3.8, 4) is 5.75 Å². The fraction of sp³-hybridized carbons (Fsp3) is 0.368. The predicted octanol–water partition coefficient (Wildman–Crippen LogP) is 4.53. The maximum Gasteiger partial charge on any atom is 0.269 e. The number of nitrogens with zero attached hydrogens (tertiary/aromatic N) is 2. The zero-order valence-electron chi connectivity index (χ0n) is 15.3. The molecule has 2 aromatic rings. The minimum Gasteiger partial charge on any atom is -0.490 e. The molecule has 0 unspecified atom stereocenters. The first-order valence-corrected chi connectivity index (χ1v) is 9.40. The number of aryl methyl sites for hydroxylation is 2. The maximum atomic E-state index is 14.6. The van der Waals surface area contributed by atoms with E-state index in [0.29, 0.717) is 30.7 Å². The molecule has 1 N–H and O–H groups in total. The molecule has 0 atom stereocenters. The third-order valence-electron chi connectivity index (χ3n) is 3.91. The summed E-state index contributed by atoms with van der Waals surface area (Å²) in [4.78, 5) is 12.3. The Hall–Kier alpha value is -2.05. The minimum absolute atomic E-state index is 0.0547. The van der Waals surface area contributed by atoms with Crippen molar-refractivity contribution in [3.05, 3.63) is 57.6 Å². The molecule has 0 fully saturated rings. The van der Waals surface area contributed by atoms with Gasteiger partial charge in [0.2, 0.25) is 0 Å². The van der Waals surface area contributed by atoms with E-state index >= 15 is 0 Å². The van der Waals surface area contributed by atoms with Crippen LogP contribution in [0.25, 0.3) is 0 Å². The molecule has 1 amide bonds. The van der Waals surface area contributed by atoms with Gasteiger partial charge in [-0.05, 0) is 31.4 Å². The van der Waals surface area contributed by atoms with Crippen LogP contribution in [0, 0.1) is 5.82 Å². The monoisotopic (exact) mass is 413 g/mol. The van der Waals surface area contributed by atoms with Crippen LogP contribution in [0.15, 0.2) is 34.8 Å². The summed E-state index contributed by atoms with van der Waals surface area (Å²) in [6.07, 6.45) is 3.70. The molecular weight excluding hydrogens is 392 g/mol. The van der Waals surface area contributed by atoms with Gasteiger partial charge in [0.15, 0.2) is 11.6 Å². The SMILES string of the molecule is CCc1cc(C(=O)NCc2cccc(OCCCC=C(Cl)Cl)c2F)n(C)n1. The lowest BCUT2D eigenvalue weighted by Gasteiger charge is -2.11. The summed E-state index contributed by atoms with van der Waals surface area (Å²) in [6, 6.07) is 6.58. The molecule has 0 bridgehead atoms. The van der Waals surface area contributed by atoms with Crippen LogP contribution in [0.1, 0.15) is 41.5 Å². The van der Waals surface area contributed by atoms with Gasteiger partial charge >= 0.3 is 0 Å². The molecule has 1 aromatic carbocycles. The molecule has 0 saturated heterocycles. The topological polar surface area (TPSA) is 56.1 Å². The molecule has 0 aliphatic heterocycles. The van der Waals surface area contributed by atoms with E-state index in [4.69, 9.17) is 27.9 Å². The van der Waals surface area contributed by atoms with Crippen LogP contribution in [0.5, 0.6) is 5.75 Å². The summed E-state index contributed by atoms with van der Waals surface area (Å²) in [5, 5.41) is 6.96. The molecule has 0 spiro atoms. The Balaban J connectivity index is 1.93. The van der Waals surface area contributed by atoms with Crippen molar-refractivity contribution in [1.29, 1.82) is 0 Å². The Morgan fingerprint density at radius 3 is 2.85 bits per heavy atom. The number of benzene rings is 1. The van der Waals surface area contributed by atoms with Gasteiger partial charge in [0, 0.05) is 19.2 Å². The van der Waals surface area contributed by atoms with Crippen LogP contribution < -0.4 is 10.1 Å². The first kappa shape index (κ1) is 21.3. The third kappa shape index (κ3) is 6.26. The number of halogens is 3. The lowest BCUT2D eigenvalue weighted by Crippen LogP contribution is -2.25. The van der Waals surface area contributed by atoms with E-state index in [1.165, 1.54) is 4.68 Å². The summed E-state index contributed by atoms with van der Waals surface area (Å²) >= 11 is 11.1. The number of ether oxygens (including phenoxy) is 1. The fourth-order valence-electron chi connectivity index (χ4n) is 2.46. The highest BCUT2D eigenvalue weighted by molar-refractivity contribution is 6.55. The van der Waals surface area contributed by atoms with E-state index in [0.717, 1.165) is 12.1 Å². The van der Waals surface area contributed by atoms with E-state index in [2.05, 4.69) is 10.4 Å². The third-order valence-corrected chi connectivity index (χ3v) is 4.22. The Morgan fingerprint density at radius 1 is 1.41 bits per heavy atom. The molecule has 27 heavy (non-hydrogen) atoms. The fourth-order valence-corrected chi connectivity index (χ4v) is 2.68. The van der Waals surface area contributed by atoms with E-state index in [1.807, 2.05) is 6.92 Å². The number of hydrogen-bond donors (Lipinski definition) is 1. The molecule has 1 aromatic heterocycles. The summed E-state index contributed by atoms with van der Waals surface area (Å²) in [5.74, 6) is -0.639. The molecular formula is C19H22Cl2FN3O2. The Kier molecular flexibility index (Phi) is 8.13. The van der Waals surface area contributed by atoms with Gasteiger partial charge in [-0.25, -0.2) is 4.39 Å². The second kappa shape index (κ2) is 10.3. The Bertz CT molecular complexity index is 817. The number of allylic oxidation sites excluding steroid dienone is 1. The Morgan fingerprint density at radius 2 is 2.19 bits per heavy atom. The predicted molar refractivity (Wildman–Crippen MR) is 105 cm³/mol. The van der Waals surface area contributed by atoms with E-state index in [1.54, 1.807) is 37.4 Å². The van der Waals surface area contributed by atoms with Crippen LogP contribution >= 0.6 is 23.2 Å². The van der Waals surface area contributed by atoms with Crippen LogP contribution in [-0.2, 0) is 20.0 Å². The molecule has 8 heteroatoms. The van der Waals surface area contributed by atoms with Crippen LogP contribution in [0.2, 0.25) is 0 Å². The molecule has 0 radical (unpaired) electrons. The number of rotatable bonds is 9. The summed E-state index contributed by atoms with van der Waals surface area (Å²) in [7, 11) is 1.70. The molecule has 1 heterocycles. The normalized spacial score (nSPS) is 10.6. The summed E-state index contributed by atoms with van der Waals surface area (Å²) < 4.78 is 21.7. The molecule has 5 nitrogen and oxygen atoms in total. The number of carbonyl (C=O) groups excluding carboxylic acids is 1. The average Bonchev–Trinajstić information content (AvgIpc) is 3.02.